The molecule has 0 aromatic heterocycles. The van der Waals surface area contributed by atoms with Crippen molar-refractivity contribution in [3.05, 3.63) is 35.9 Å². The molecule has 1 amide bonds. The van der Waals surface area contributed by atoms with Crippen LogP contribution in [-0.2, 0) is 11.2 Å². The van der Waals surface area contributed by atoms with Gasteiger partial charge in [0.05, 0.1) is 0 Å². The van der Waals surface area contributed by atoms with Crippen LogP contribution in [0.4, 0.5) is 0 Å². The second-order valence-electron chi connectivity index (χ2n) is 5.63. The molecule has 0 radical (unpaired) electrons. The fourth-order valence-electron chi connectivity index (χ4n) is 2.89. The standard InChI is InChI=1S/C17H25NO/c19-17(12-11-15-7-3-1-4-8-15)18-14-13-16-9-5-2-6-10-16/h2,5-6,9-10,15H,1,3-4,7-8,11-14H2,(H,18,19). The number of carbonyl (C=O) groups is 1. The monoisotopic (exact) mass is 259 g/mol. The molecule has 0 unspecified atom stereocenters. The van der Waals surface area contributed by atoms with Gasteiger partial charge < -0.3 is 5.32 Å². The van der Waals surface area contributed by atoms with Gasteiger partial charge in [0.2, 0.25) is 5.91 Å². The zero-order valence-corrected chi connectivity index (χ0v) is 11.7. The van der Waals surface area contributed by atoms with Crippen molar-refractivity contribution in [2.75, 3.05) is 6.54 Å². The maximum atomic E-state index is 11.8. The number of carbonyl (C=O) groups excluding carboxylic acids is 1. The van der Waals surface area contributed by atoms with E-state index >= 15 is 0 Å². The third-order valence-electron chi connectivity index (χ3n) is 4.08. The second-order valence-corrected chi connectivity index (χ2v) is 5.63. The van der Waals surface area contributed by atoms with Gasteiger partial charge in [-0.25, -0.2) is 0 Å². The van der Waals surface area contributed by atoms with Crippen molar-refractivity contribution in [2.45, 2.75) is 51.4 Å². The molecular formula is C17H25NO. The van der Waals surface area contributed by atoms with Crippen molar-refractivity contribution in [2.24, 2.45) is 5.92 Å². The van der Waals surface area contributed by atoms with E-state index in [9.17, 15) is 4.79 Å². The summed E-state index contributed by atoms with van der Waals surface area (Å²) in [5.41, 5.74) is 1.29. The van der Waals surface area contributed by atoms with Gasteiger partial charge in [-0.2, -0.15) is 0 Å². The summed E-state index contributed by atoms with van der Waals surface area (Å²) in [7, 11) is 0. The van der Waals surface area contributed by atoms with Crippen LogP contribution in [0.1, 0.15) is 50.5 Å². The molecule has 0 heterocycles. The van der Waals surface area contributed by atoms with E-state index in [0.717, 1.165) is 25.3 Å². The Morgan fingerprint density at radius 2 is 1.84 bits per heavy atom. The summed E-state index contributed by atoms with van der Waals surface area (Å²) in [4.78, 5) is 11.8. The van der Waals surface area contributed by atoms with Crippen molar-refractivity contribution in [1.82, 2.24) is 5.32 Å². The highest BCUT2D eigenvalue weighted by Gasteiger charge is 2.14. The van der Waals surface area contributed by atoms with Crippen LogP contribution in [0.2, 0.25) is 0 Å². The predicted octanol–water partition coefficient (Wildman–Crippen LogP) is 3.71. The molecule has 1 N–H and O–H groups in total. The van der Waals surface area contributed by atoms with E-state index in [1.165, 1.54) is 37.7 Å². The summed E-state index contributed by atoms with van der Waals surface area (Å²) in [6.07, 6.45) is 9.49. The summed E-state index contributed by atoms with van der Waals surface area (Å²) >= 11 is 0. The van der Waals surface area contributed by atoms with Gasteiger partial charge >= 0.3 is 0 Å². The average molecular weight is 259 g/mol. The highest BCUT2D eigenvalue weighted by atomic mass is 16.1. The number of benzene rings is 1. The Morgan fingerprint density at radius 3 is 2.58 bits per heavy atom. The van der Waals surface area contributed by atoms with E-state index in [2.05, 4.69) is 17.4 Å². The smallest absolute Gasteiger partial charge is 0.220 e. The normalized spacial score (nSPS) is 16.2. The van der Waals surface area contributed by atoms with Gasteiger partial charge in [0, 0.05) is 13.0 Å². The molecule has 1 aromatic rings. The average Bonchev–Trinajstić information content (AvgIpc) is 2.47. The molecule has 1 fully saturated rings. The number of hydrogen-bond donors (Lipinski definition) is 1. The van der Waals surface area contributed by atoms with Gasteiger partial charge in [-0.3, -0.25) is 4.79 Å². The molecule has 0 bridgehead atoms. The van der Waals surface area contributed by atoms with Crippen molar-refractivity contribution >= 4 is 5.91 Å². The van der Waals surface area contributed by atoms with E-state index in [1.54, 1.807) is 0 Å². The maximum absolute atomic E-state index is 11.8. The molecule has 1 aliphatic carbocycles. The number of amides is 1. The Morgan fingerprint density at radius 1 is 1.11 bits per heavy atom. The van der Waals surface area contributed by atoms with Gasteiger partial charge in [0.25, 0.3) is 0 Å². The Bertz CT molecular complexity index is 368. The van der Waals surface area contributed by atoms with Gasteiger partial charge in [-0.05, 0) is 24.3 Å². The van der Waals surface area contributed by atoms with Gasteiger partial charge in [0.1, 0.15) is 0 Å². The molecule has 2 nitrogen and oxygen atoms in total. The molecule has 0 spiro atoms. The summed E-state index contributed by atoms with van der Waals surface area (Å²) in [5.74, 6) is 1.02. The largest absolute Gasteiger partial charge is 0.356 e. The lowest BCUT2D eigenvalue weighted by Crippen LogP contribution is -2.26. The van der Waals surface area contributed by atoms with Crippen LogP contribution in [0, 0.1) is 5.92 Å². The fourth-order valence-corrected chi connectivity index (χ4v) is 2.89. The number of hydrogen-bond acceptors (Lipinski definition) is 1. The third kappa shape index (κ3) is 5.46. The lowest BCUT2D eigenvalue weighted by atomic mass is 9.86. The Hall–Kier alpha value is -1.31. The highest BCUT2D eigenvalue weighted by Crippen LogP contribution is 2.27. The molecule has 1 aromatic carbocycles. The molecule has 2 heteroatoms. The summed E-state index contributed by atoms with van der Waals surface area (Å²) in [6.45, 7) is 0.757. The zero-order chi connectivity index (χ0) is 13.3. The highest BCUT2D eigenvalue weighted by molar-refractivity contribution is 5.75. The molecule has 0 atom stereocenters. The Kier molecular flexibility index (Phi) is 5.93. The minimum absolute atomic E-state index is 0.224. The summed E-state index contributed by atoms with van der Waals surface area (Å²) in [6, 6.07) is 10.3. The molecular weight excluding hydrogens is 234 g/mol. The minimum Gasteiger partial charge on any atom is -0.356 e. The summed E-state index contributed by atoms with van der Waals surface area (Å²) in [5, 5.41) is 3.03. The van der Waals surface area contributed by atoms with Crippen LogP contribution in [0.15, 0.2) is 30.3 Å². The van der Waals surface area contributed by atoms with E-state index in [4.69, 9.17) is 0 Å². The van der Waals surface area contributed by atoms with Crippen molar-refractivity contribution in [1.29, 1.82) is 0 Å². The van der Waals surface area contributed by atoms with Crippen LogP contribution in [0.3, 0.4) is 0 Å². The quantitative estimate of drug-likeness (QED) is 0.829. The predicted molar refractivity (Wildman–Crippen MR) is 79.0 cm³/mol. The van der Waals surface area contributed by atoms with Crippen LogP contribution < -0.4 is 5.32 Å². The third-order valence-corrected chi connectivity index (χ3v) is 4.08. The minimum atomic E-state index is 0.224. The Balaban J connectivity index is 1.57. The van der Waals surface area contributed by atoms with Gasteiger partial charge in [-0.15, -0.1) is 0 Å². The molecule has 0 aliphatic heterocycles. The van der Waals surface area contributed by atoms with Crippen LogP contribution in [0.25, 0.3) is 0 Å². The van der Waals surface area contributed by atoms with Crippen molar-refractivity contribution < 1.29 is 4.79 Å². The molecule has 1 aliphatic rings. The molecule has 19 heavy (non-hydrogen) atoms. The zero-order valence-electron chi connectivity index (χ0n) is 11.7. The lowest BCUT2D eigenvalue weighted by molar-refractivity contribution is -0.121. The second kappa shape index (κ2) is 7.98. The summed E-state index contributed by atoms with van der Waals surface area (Å²) < 4.78 is 0. The van der Waals surface area contributed by atoms with Crippen LogP contribution in [0.5, 0.6) is 0 Å². The molecule has 1 saturated carbocycles. The lowest BCUT2D eigenvalue weighted by Gasteiger charge is -2.20. The SMILES string of the molecule is O=C(CCC1CCCCC1)NCCc1ccccc1. The van der Waals surface area contributed by atoms with E-state index in [-0.39, 0.29) is 5.91 Å². The van der Waals surface area contributed by atoms with E-state index < -0.39 is 0 Å². The first-order chi connectivity index (χ1) is 9.34. The van der Waals surface area contributed by atoms with Crippen molar-refractivity contribution in [3.63, 3.8) is 0 Å². The van der Waals surface area contributed by atoms with E-state index in [1.807, 2.05) is 18.2 Å². The Labute approximate surface area is 116 Å². The topological polar surface area (TPSA) is 29.1 Å². The maximum Gasteiger partial charge on any atom is 0.220 e. The molecule has 104 valence electrons. The first-order valence-corrected chi connectivity index (χ1v) is 7.65. The first-order valence-electron chi connectivity index (χ1n) is 7.65. The van der Waals surface area contributed by atoms with Gasteiger partial charge in [0.15, 0.2) is 0 Å². The van der Waals surface area contributed by atoms with E-state index in [0.29, 0.717) is 6.42 Å². The fraction of sp³-hybridized carbons (Fsp3) is 0.588. The first kappa shape index (κ1) is 14.1. The van der Waals surface area contributed by atoms with Crippen LogP contribution >= 0.6 is 0 Å². The molecule has 0 saturated heterocycles. The van der Waals surface area contributed by atoms with Crippen molar-refractivity contribution in [3.8, 4) is 0 Å². The number of rotatable bonds is 6. The van der Waals surface area contributed by atoms with Crippen LogP contribution in [-0.4, -0.2) is 12.5 Å². The number of nitrogens with one attached hydrogen (secondary N) is 1. The molecule has 2 rings (SSSR count). The van der Waals surface area contributed by atoms with Gasteiger partial charge in [-0.1, -0.05) is 62.4 Å².